The van der Waals surface area contributed by atoms with Gasteiger partial charge in [-0.2, -0.15) is 0 Å². The Balaban J connectivity index is 1.69. The zero-order chi connectivity index (χ0) is 21.8. The minimum Gasteiger partial charge on any atom is -0.393 e. The highest BCUT2D eigenvalue weighted by Crippen LogP contribution is 2.39. The van der Waals surface area contributed by atoms with Gasteiger partial charge in [-0.1, -0.05) is 61.7 Å². The van der Waals surface area contributed by atoms with E-state index in [-0.39, 0.29) is 17.7 Å². The normalized spacial score (nSPS) is 24.9. The number of hydroxylamine groups is 1. The van der Waals surface area contributed by atoms with Gasteiger partial charge in [-0.15, -0.1) is 0 Å². The van der Waals surface area contributed by atoms with E-state index < -0.39 is 18.3 Å². The second-order valence-electron chi connectivity index (χ2n) is 8.45. The topological polar surface area (TPSA) is 110 Å². The van der Waals surface area contributed by atoms with Crippen LogP contribution < -0.4 is 5.48 Å². The Bertz CT molecular complexity index is 636. The lowest BCUT2D eigenvalue weighted by atomic mass is 9.85. The van der Waals surface area contributed by atoms with E-state index in [0.29, 0.717) is 25.7 Å². The Kier molecular flexibility index (Phi) is 11.1. The molecule has 1 aliphatic carbocycles. The number of carbonyl (C=O) groups is 1. The van der Waals surface area contributed by atoms with Gasteiger partial charge in [-0.3, -0.25) is 10.0 Å². The van der Waals surface area contributed by atoms with Crippen molar-refractivity contribution in [2.24, 2.45) is 11.8 Å². The van der Waals surface area contributed by atoms with Gasteiger partial charge in [0.05, 0.1) is 18.3 Å². The number of aliphatic hydroxyl groups is 3. The number of amides is 1. The van der Waals surface area contributed by atoms with Crippen molar-refractivity contribution in [1.82, 2.24) is 5.48 Å². The van der Waals surface area contributed by atoms with E-state index in [1.807, 2.05) is 30.4 Å². The number of carbonyl (C=O) groups excluding carboxylic acids is 1. The first kappa shape index (κ1) is 24.5. The number of allylic oxidation sites excluding steroid dienone is 1. The summed E-state index contributed by atoms with van der Waals surface area (Å²) in [6.45, 7) is 0. The standard InChI is InChI=1S/C24H37NO5/c26-19(12-8-11-18-9-4-3-5-10-18)15-16-21-20(22(27)17-23(21)28)13-6-1-2-7-14-24(29)25-30/h3-5,8-10,12,19-23,26-28,30H,1-2,6-7,11,13-17H2,(H,25,29)/t19?,20?,21?,22-,23+/m0/s1. The van der Waals surface area contributed by atoms with Crippen molar-refractivity contribution in [3.8, 4) is 0 Å². The summed E-state index contributed by atoms with van der Waals surface area (Å²) in [5.41, 5.74) is 2.84. The molecule has 6 heteroatoms. The van der Waals surface area contributed by atoms with Gasteiger partial charge in [0.25, 0.3) is 0 Å². The van der Waals surface area contributed by atoms with Gasteiger partial charge in [-0.25, -0.2) is 5.48 Å². The number of aliphatic hydroxyl groups excluding tert-OH is 3. The summed E-state index contributed by atoms with van der Waals surface area (Å²) in [6.07, 6.45) is 9.39. The van der Waals surface area contributed by atoms with E-state index in [0.717, 1.165) is 38.5 Å². The van der Waals surface area contributed by atoms with Crippen molar-refractivity contribution in [1.29, 1.82) is 0 Å². The van der Waals surface area contributed by atoms with Gasteiger partial charge in [0, 0.05) is 6.42 Å². The van der Waals surface area contributed by atoms with Crippen molar-refractivity contribution in [3.63, 3.8) is 0 Å². The van der Waals surface area contributed by atoms with E-state index >= 15 is 0 Å². The molecule has 5 N–H and O–H groups in total. The van der Waals surface area contributed by atoms with Crippen LogP contribution in [0.1, 0.15) is 63.4 Å². The van der Waals surface area contributed by atoms with Crippen LogP contribution >= 0.6 is 0 Å². The predicted molar refractivity (Wildman–Crippen MR) is 116 cm³/mol. The quantitative estimate of drug-likeness (QED) is 0.146. The molecule has 0 saturated heterocycles. The molecule has 168 valence electrons. The number of unbranched alkanes of at least 4 members (excludes halogenated alkanes) is 3. The third-order valence-corrected chi connectivity index (χ3v) is 6.19. The molecule has 1 aromatic rings. The zero-order valence-corrected chi connectivity index (χ0v) is 17.7. The maximum absolute atomic E-state index is 11.0. The fourth-order valence-corrected chi connectivity index (χ4v) is 4.49. The van der Waals surface area contributed by atoms with Crippen molar-refractivity contribution < 1.29 is 25.3 Å². The van der Waals surface area contributed by atoms with E-state index in [1.54, 1.807) is 5.48 Å². The maximum Gasteiger partial charge on any atom is 0.243 e. The summed E-state index contributed by atoms with van der Waals surface area (Å²) in [6, 6.07) is 10.1. The Morgan fingerprint density at radius 2 is 1.70 bits per heavy atom. The molecule has 3 unspecified atom stereocenters. The first-order chi connectivity index (χ1) is 14.5. The second kappa shape index (κ2) is 13.5. The highest BCUT2D eigenvalue weighted by molar-refractivity contribution is 5.74. The van der Waals surface area contributed by atoms with Gasteiger partial charge in [0.1, 0.15) is 0 Å². The zero-order valence-electron chi connectivity index (χ0n) is 17.7. The smallest absolute Gasteiger partial charge is 0.243 e. The SMILES string of the molecule is O=C(CCCCCCC1C(CCC(O)C=CCc2ccccc2)[C@H](O)C[C@@H]1O)NO. The summed E-state index contributed by atoms with van der Waals surface area (Å²) in [5.74, 6) is -0.292. The average Bonchev–Trinajstić information content (AvgIpc) is 3.01. The highest BCUT2D eigenvalue weighted by atomic mass is 16.5. The Morgan fingerprint density at radius 1 is 1.03 bits per heavy atom. The highest BCUT2D eigenvalue weighted by Gasteiger charge is 2.40. The van der Waals surface area contributed by atoms with Gasteiger partial charge in [-0.05, 0) is 55.9 Å². The largest absolute Gasteiger partial charge is 0.393 e. The summed E-state index contributed by atoms with van der Waals surface area (Å²) < 4.78 is 0. The number of benzene rings is 1. The molecule has 0 aromatic heterocycles. The number of nitrogens with one attached hydrogen (secondary N) is 1. The van der Waals surface area contributed by atoms with Gasteiger partial charge in [0.15, 0.2) is 0 Å². The van der Waals surface area contributed by atoms with Crippen molar-refractivity contribution >= 4 is 5.91 Å². The van der Waals surface area contributed by atoms with E-state index in [4.69, 9.17) is 5.21 Å². The van der Waals surface area contributed by atoms with E-state index in [9.17, 15) is 20.1 Å². The van der Waals surface area contributed by atoms with Crippen LogP contribution in [0.2, 0.25) is 0 Å². The fourth-order valence-electron chi connectivity index (χ4n) is 4.49. The molecule has 2 rings (SSSR count). The van der Waals surface area contributed by atoms with Crippen LogP contribution in [0.3, 0.4) is 0 Å². The monoisotopic (exact) mass is 419 g/mol. The Morgan fingerprint density at radius 3 is 2.40 bits per heavy atom. The third-order valence-electron chi connectivity index (χ3n) is 6.19. The van der Waals surface area contributed by atoms with Crippen molar-refractivity contribution in [2.75, 3.05) is 0 Å². The minimum absolute atomic E-state index is 0.0114. The molecule has 30 heavy (non-hydrogen) atoms. The molecule has 0 heterocycles. The first-order valence-electron chi connectivity index (χ1n) is 11.2. The van der Waals surface area contributed by atoms with Gasteiger partial charge < -0.3 is 15.3 Å². The van der Waals surface area contributed by atoms with Crippen LogP contribution in [-0.2, 0) is 11.2 Å². The molecular formula is C24H37NO5. The molecular weight excluding hydrogens is 382 g/mol. The summed E-state index contributed by atoms with van der Waals surface area (Å²) in [7, 11) is 0. The molecule has 6 nitrogen and oxygen atoms in total. The molecule has 1 aliphatic rings. The summed E-state index contributed by atoms with van der Waals surface area (Å²) in [4.78, 5) is 11.0. The third kappa shape index (κ3) is 8.56. The van der Waals surface area contributed by atoms with Gasteiger partial charge in [0.2, 0.25) is 5.91 Å². The molecule has 1 amide bonds. The lowest BCUT2D eigenvalue weighted by Gasteiger charge is -2.24. The summed E-state index contributed by atoms with van der Waals surface area (Å²) in [5, 5.41) is 39.5. The van der Waals surface area contributed by atoms with Crippen LogP contribution in [-0.4, -0.2) is 44.7 Å². The van der Waals surface area contributed by atoms with Crippen LogP contribution in [0.25, 0.3) is 0 Å². The Labute approximate surface area is 179 Å². The molecule has 0 spiro atoms. The average molecular weight is 420 g/mol. The second-order valence-corrected chi connectivity index (χ2v) is 8.45. The number of hydrogen-bond acceptors (Lipinski definition) is 5. The van der Waals surface area contributed by atoms with Crippen molar-refractivity contribution in [3.05, 3.63) is 48.0 Å². The molecule has 1 saturated carbocycles. The van der Waals surface area contributed by atoms with Crippen LogP contribution in [0.5, 0.6) is 0 Å². The van der Waals surface area contributed by atoms with Gasteiger partial charge >= 0.3 is 0 Å². The molecule has 5 atom stereocenters. The maximum atomic E-state index is 11.0. The molecule has 0 aliphatic heterocycles. The molecule has 1 aromatic carbocycles. The molecule has 1 fully saturated rings. The Hall–Kier alpha value is -1.73. The predicted octanol–water partition coefficient (Wildman–Crippen LogP) is 3.13. The van der Waals surface area contributed by atoms with Crippen LogP contribution in [0.4, 0.5) is 0 Å². The van der Waals surface area contributed by atoms with Crippen molar-refractivity contribution in [2.45, 2.75) is 82.5 Å². The number of hydrogen-bond donors (Lipinski definition) is 5. The first-order valence-corrected chi connectivity index (χ1v) is 11.2. The summed E-state index contributed by atoms with van der Waals surface area (Å²) >= 11 is 0. The molecule has 0 radical (unpaired) electrons. The lowest BCUT2D eigenvalue weighted by Crippen LogP contribution is -2.23. The number of rotatable bonds is 13. The molecule has 0 bridgehead atoms. The fraction of sp³-hybridized carbons (Fsp3) is 0.625. The van der Waals surface area contributed by atoms with E-state index in [1.165, 1.54) is 5.56 Å². The van der Waals surface area contributed by atoms with E-state index in [2.05, 4.69) is 12.1 Å². The lowest BCUT2D eigenvalue weighted by molar-refractivity contribution is -0.129. The van der Waals surface area contributed by atoms with Crippen LogP contribution in [0, 0.1) is 11.8 Å². The van der Waals surface area contributed by atoms with Crippen LogP contribution in [0.15, 0.2) is 42.5 Å². The minimum atomic E-state index is -0.544.